The van der Waals surface area contributed by atoms with E-state index in [1.807, 2.05) is 12.1 Å². The van der Waals surface area contributed by atoms with Gasteiger partial charge in [0.15, 0.2) is 0 Å². The number of carboxylic acid groups (broad SMARTS) is 1. The van der Waals surface area contributed by atoms with Crippen LogP contribution < -0.4 is 4.90 Å². The molecule has 2 N–H and O–H groups in total. The summed E-state index contributed by atoms with van der Waals surface area (Å²) < 4.78 is 1.51. The van der Waals surface area contributed by atoms with Gasteiger partial charge in [-0.25, -0.2) is 9.48 Å². The van der Waals surface area contributed by atoms with Crippen LogP contribution in [0.4, 0.5) is 5.95 Å². The Morgan fingerprint density at radius 1 is 1.45 bits per heavy atom. The Hall–Kier alpha value is -2.57. The van der Waals surface area contributed by atoms with Crippen molar-refractivity contribution in [2.45, 2.75) is 12.8 Å². The summed E-state index contributed by atoms with van der Waals surface area (Å²) in [5, 5.41) is 22.4. The molecule has 2 aromatic rings. The van der Waals surface area contributed by atoms with Crippen LogP contribution in [0, 0.1) is 5.92 Å². The lowest BCUT2D eigenvalue weighted by atomic mass is 9.99. The zero-order chi connectivity index (χ0) is 15.7. The van der Waals surface area contributed by atoms with E-state index < -0.39 is 5.97 Å². The second kappa shape index (κ2) is 5.67. The fourth-order valence-corrected chi connectivity index (χ4v) is 2.94. The van der Waals surface area contributed by atoms with Gasteiger partial charge in [-0.15, -0.1) is 5.10 Å². The highest BCUT2D eigenvalue weighted by Crippen LogP contribution is 2.25. The number of hydrogen-bond donors (Lipinski definition) is 2. The van der Waals surface area contributed by atoms with Crippen LogP contribution in [-0.4, -0.2) is 44.0 Å². The van der Waals surface area contributed by atoms with Gasteiger partial charge in [-0.2, -0.15) is 4.98 Å². The summed E-state index contributed by atoms with van der Waals surface area (Å²) in [6.45, 7) is 1.64. The number of aromatic hydroxyl groups is 1. The third-order valence-electron chi connectivity index (χ3n) is 3.93. The van der Waals surface area contributed by atoms with E-state index in [9.17, 15) is 9.90 Å². The van der Waals surface area contributed by atoms with E-state index >= 15 is 0 Å². The summed E-state index contributed by atoms with van der Waals surface area (Å²) in [5.74, 6) is 0.0423. The first-order valence-electron chi connectivity index (χ1n) is 7.20. The van der Waals surface area contributed by atoms with Gasteiger partial charge in [0.1, 0.15) is 5.75 Å². The van der Waals surface area contributed by atoms with Crippen molar-refractivity contribution in [3.8, 4) is 5.75 Å². The number of carbonyl (C=O) groups is 1. The highest BCUT2D eigenvalue weighted by atomic mass is 16.4. The van der Waals surface area contributed by atoms with E-state index in [1.54, 1.807) is 19.2 Å². The van der Waals surface area contributed by atoms with Gasteiger partial charge in [0, 0.05) is 20.1 Å². The van der Waals surface area contributed by atoms with E-state index in [-0.39, 0.29) is 11.6 Å². The monoisotopic (exact) mass is 302 g/mol. The number of benzene rings is 1. The van der Waals surface area contributed by atoms with Crippen molar-refractivity contribution in [2.24, 2.45) is 13.0 Å². The first-order chi connectivity index (χ1) is 10.5. The Morgan fingerprint density at radius 2 is 2.27 bits per heavy atom. The second-order valence-electron chi connectivity index (χ2n) is 5.64. The van der Waals surface area contributed by atoms with Crippen molar-refractivity contribution in [3.63, 3.8) is 0 Å². The summed E-state index contributed by atoms with van der Waals surface area (Å²) in [4.78, 5) is 17.1. The SMILES string of the molecule is Cn1nc(C(=O)O)nc1N1CCC(Cc2cccc(O)c2)C1. The number of aryl methyl sites for hydroxylation is 1. The first kappa shape index (κ1) is 14.4. The number of carboxylic acids is 1. The summed E-state index contributed by atoms with van der Waals surface area (Å²) in [5.41, 5.74) is 1.11. The molecule has 7 nitrogen and oxygen atoms in total. The molecule has 0 spiro atoms. The third-order valence-corrected chi connectivity index (χ3v) is 3.93. The molecular weight excluding hydrogens is 284 g/mol. The topological polar surface area (TPSA) is 91.5 Å². The maximum absolute atomic E-state index is 10.9. The lowest BCUT2D eigenvalue weighted by molar-refractivity contribution is 0.0683. The number of aromatic nitrogens is 3. The Balaban J connectivity index is 1.68. The van der Waals surface area contributed by atoms with Crippen LogP contribution in [-0.2, 0) is 13.5 Å². The van der Waals surface area contributed by atoms with Gasteiger partial charge in [0.05, 0.1) is 0 Å². The Kier molecular flexibility index (Phi) is 3.70. The molecule has 0 amide bonds. The van der Waals surface area contributed by atoms with Gasteiger partial charge in [-0.3, -0.25) is 0 Å². The number of phenols is 1. The van der Waals surface area contributed by atoms with Crippen molar-refractivity contribution >= 4 is 11.9 Å². The molecule has 1 aliphatic rings. The van der Waals surface area contributed by atoms with Crippen LogP contribution >= 0.6 is 0 Å². The zero-order valence-electron chi connectivity index (χ0n) is 12.3. The van der Waals surface area contributed by atoms with E-state index in [0.717, 1.165) is 31.5 Å². The number of hydrogen-bond acceptors (Lipinski definition) is 5. The molecule has 2 heterocycles. The molecule has 7 heteroatoms. The summed E-state index contributed by atoms with van der Waals surface area (Å²) in [7, 11) is 1.71. The zero-order valence-corrected chi connectivity index (χ0v) is 12.3. The fraction of sp³-hybridized carbons (Fsp3) is 0.400. The van der Waals surface area contributed by atoms with E-state index in [0.29, 0.717) is 11.9 Å². The van der Waals surface area contributed by atoms with Gasteiger partial charge >= 0.3 is 5.97 Å². The van der Waals surface area contributed by atoms with E-state index in [2.05, 4.69) is 15.0 Å². The minimum absolute atomic E-state index is 0.172. The van der Waals surface area contributed by atoms with Crippen LogP contribution in [0.25, 0.3) is 0 Å². The molecule has 116 valence electrons. The van der Waals surface area contributed by atoms with Crippen molar-refractivity contribution in [2.75, 3.05) is 18.0 Å². The molecule has 1 aromatic carbocycles. The molecular formula is C15H18N4O3. The van der Waals surface area contributed by atoms with Gasteiger partial charge in [0.25, 0.3) is 5.82 Å². The number of anilines is 1. The maximum Gasteiger partial charge on any atom is 0.375 e. The first-order valence-corrected chi connectivity index (χ1v) is 7.20. The predicted molar refractivity (Wildman–Crippen MR) is 80.1 cm³/mol. The highest BCUT2D eigenvalue weighted by Gasteiger charge is 2.27. The molecule has 1 fully saturated rings. The predicted octanol–water partition coefficient (Wildman–Crippen LogP) is 1.29. The number of nitrogens with zero attached hydrogens (tertiary/aromatic N) is 4. The quantitative estimate of drug-likeness (QED) is 0.884. The van der Waals surface area contributed by atoms with Gasteiger partial charge < -0.3 is 15.1 Å². The van der Waals surface area contributed by atoms with Crippen molar-refractivity contribution in [3.05, 3.63) is 35.7 Å². The lowest BCUT2D eigenvalue weighted by Crippen LogP contribution is -2.23. The highest BCUT2D eigenvalue weighted by molar-refractivity contribution is 5.83. The maximum atomic E-state index is 10.9. The van der Waals surface area contributed by atoms with Crippen molar-refractivity contribution in [1.82, 2.24) is 14.8 Å². The summed E-state index contributed by atoms with van der Waals surface area (Å²) in [6.07, 6.45) is 1.89. The minimum Gasteiger partial charge on any atom is -0.508 e. The molecule has 1 aliphatic heterocycles. The number of aromatic carboxylic acids is 1. The standard InChI is InChI=1S/C15H18N4O3/c1-18-15(16-13(17-18)14(21)22)19-6-5-11(9-19)7-10-3-2-4-12(20)8-10/h2-4,8,11,20H,5-7,9H2,1H3,(H,21,22). The summed E-state index contributed by atoms with van der Waals surface area (Å²) in [6, 6.07) is 7.30. The minimum atomic E-state index is -1.11. The molecule has 0 radical (unpaired) electrons. The molecule has 1 saturated heterocycles. The van der Waals surface area contributed by atoms with Crippen molar-refractivity contribution < 1.29 is 15.0 Å². The Morgan fingerprint density at radius 3 is 2.95 bits per heavy atom. The number of phenolic OH excluding ortho intramolecular Hbond substituents is 1. The fourth-order valence-electron chi connectivity index (χ4n) is 2.94. The largest absolute Gasteiger partial charge is 0.508 e. The van der Waals surface area contributed by atoms with Crippen molar-refractivity contribution in [1.29, 1.82) is 0 Å². The van der Waals surface area contributed by atoms with Gasteiger partial charge in [-0.1, -0.05) is 12.1 Å². The van der Waals surface area contributed by atoms with Crippen LogP contribution in [0.1, 0.15) is 22.6 Å². The third kappa shape index (κ3) is 2.88. The van der Waals surface area contributed by atoms with Crippen LogP contribution in [0.15, 0.2) is 24.3 Å². The molecule has 0 bridgehead atoms. The Bertz CT molecular complexity index is 698. The van der Waals surface area contributed by atoms with Crippen LogP contribution in [0.2, 0.25) is 0 Å². The Labute approximate surface area is 127 Å². The lowest BCUT2D eigenvalue weighted by Gasteiger charge is -2.16. The normalized spacial score (nSPS) is 17.9. The van der Waals surface area contributed by atoms with E-state index in [1.165, 1.54) is 4.68 Å². The molecule has 1 unspecified atom stereocenters. The average molecular weight is 302 g/mol. The molecule has 0 saturated carbocycles. The molecule has 1 aromatic heterocycles. The summed E-state index contributed by atoms with van der Waals surface area (Å²) >= 11 is 0. The molecule has 22 heavy (non-hydrogen) atoms. The molecule has 3 rings (SSSR count). The average Bonchev–Trinajstić information content (AvgIpc) is 3.05. The van der Waals surface area contributed by atoms with Gasteiger partial charge in [-0.05, 0) is 36.5 Å². The van der Waals surface area contributed by atoms with Crippen LogP contribution in [0.5, 0.6) is 5.75 Å². The van der Waals surface area contributed by atoms with Gasteiger partial charge in [0.2, 0.25) is 5.95 Å². The second-order valence-corrected chi connectivity index (χ2v) is 5.64. The molecule has 0 aliphatic carbocycles. The van der Waals surface area contributed by atoms with E-state index in [4.69, 9.17) is 5.11 Å². The number of rotatable bonds is 4. The molecule has 1 atom stereocenters. The van der Waals surface area contributed by atoms with Crippen LogP contribution in [0.3, 0.4) is 0 Å². The smallest absolute Gasteiger partial charge is 0.375 e.